The third-order valence-electron chi connectivity index (χ3n) is 7.59. The van der Waals surface area contributed by atoms with Crippen LogP contribution in [0.1, 0.15) is 34.3 Å². The standard InChI is InChI=1S/C30H27FN2O/c31-26-12-13-28-27(19-26)30(14-16-32(17-15-30)20-22-6-2-1-3-7-22)21-33(28)29(34)25-11-10-23-8-4-5-9-24(23)18-25/h1-13,18-19H,14-17,20-21H2. The Morgan fingerprint density at radius 2 is 1.56 bits per heavy atom. The first-order valence-electron chi connectivity index (χ1n) is 12.0. The van der Waals surface area contributed by atoms with E-state index in [1.807, 2.05) is 47.4 Å². The van der Waals surface area contributed by atoms with E-state index in [0.29, 0.717) is 12.1 Å². The van der Waals surface area contributed by atoms with E-state index in [4.69, 9.17) is 0 Å². The van der Waals surface area contributed by atoms with E-state index in [0.717, 1.165) is 54.5 Å². The summed E-state index contributed by atoms with van der Waals surface area (Å²) in [5.41, 5.74) is 3.63. The van der Waals surface area contributed by atoms with Gasteiger partial charge in [-0.3, -0.25) is 9.69 Å². The topological polar surface area (TPSA) is 23.6 Å². The van der Waals surface area contributed by atoms with Crippen molar-refractivity contribution in [3.63, 3.8) is 0 Å². The lowest BCUT2D eigenvalue weighted by atomic mass is 9.74. The van der Waals surface area contributed by atoms with Crippen LogP contribution in [0, 0.1) is 5.82 Å². The summed E-state index contributed by atoms with van der Waals surface area (Å²) in [6.45, 7) is 3.40. The molecule has 3 nitrogen and oxygen atoms in total. The predicted molar refractivity (Wildman–Crippen MR) is 135 cm³/mol. The third-order valence-corrected chi connectivity index (χ3v) is 7.59. The lowest BCUT2D eigenvalue weighted by Crippen LogP contribution is -2.45. The van der Waals surface area contributed by atoms with Crippen molar-refractivity contribution >= 4 is 22.4 Å². The van der Waals surface area contributed by atoms with E-state index in [9.17, 15) is 9.18 Å². The number of amides is 1. The van der Waals surface area contributed by atoms with Gasteiger partial charge in [-0.1, -0.05) is 60.7 Å². The molecule has 1 spiro atoms. The van der Waals surface area contributed by atoms with Gasteiger partial charge in [0.1, 0.15) is 5.82 Å². The van der Waals surface area contributed by atoms with Crippen LogP contribution in [0.25, 0.3) is 10.8 Å². The van der Waals surface area contributed by atoms with Crippen LogP contribution >= 0.6 is 0 Å². The number of carbonyl (C=O) groups is 1. The first kappa shape index (κ1) is 21.1. The van der Waals surface area contributed by atoms with Crippen LogP contribution in [0.5, 0.6) is 0 Å². The molecular formula is C30H27FN2O. The van der Waals surface area contributed by atoms with Gasteiger partial charge in [0.25, 0.3) is 5.91 Å². The van der Waals surface area contributed by atoms with E-state index in [2.05, 4.69) is 35.2 Å². The monoisotopic (exact) mass is 450 g/mol. The van der Waals surface area contributed by atoms with Crippen LogP contribution in [0.2, 0.25) is 0 Å². The van der Waals surface area contributed by atoms with Crippen LogP contribution in [0.3, 0.4) is 0 Å². The lowest BCUT2D eigenvalue weighted by molar-refractivity contribution is 0.0975. The molecule has 34 heavy (non-hydrogen) atoms. The van der Waals surface area contributed by atoms with Crippen molar-refractivity contribution in [1.82, 2.24) is 4.90 Å². The third kappa shape index (κ3) is 3.68. The zero-order valence-corrected chi connectivity index (χ0v) is 19.1. The van der Waals surface area contributed by atoms with E-state index < -0.39 is 0 Å². The van der Waals surface area contributed by atoms with Crippen LogP contribution in [-0.2, 0) is 12.0 Å². The SMILES string of the molecule is O=C(c1ccc2ccccc2c1)N1CC2(CCN(Cc3ccccc3)CC2)c2cc(F)ccc21. The minimum absolute atomic E-state index is 0.0119. The molecule has 4 heteroatoms. The Labute approximate surface area is 199 Å². The number of carbonyl (C=O) groups excluding carboxylic acids is 1. The first-order valence-corrected chi connectivity index (χ1v) is 12.0. The second kappa shape index (κ2) is 8.37. The Bertz CT molecular complexity index is 1360. The van der Waals surface area contributed by atoms with Crippen molar-refractivity contribution in [1.29, 1.82) is 0 Å². The first-order chi connectivity index (χ1) is 16.6. The Morgan fingerprint density at radius 3 is 2.35 bits per heavy atom. The summed E-state index contributed by atoms with van der Waals surface area (Å²) >= 11 is 0. The maximum Gasteiger partial charge on any atom is 0.258 e. The molecule has 0 saturated carbocycles. The lowest BCUT2D eigenvalue weighted by Gasteiger charge is -2.40. The largest absolute Gasteiger partial charge is 0.307 e. The minimum atomic E-state index is -0.232. The Morgan fingerprint density at radius 1 is 0.824 bits per heavy atom. The molecule has 0 aromatic heterocycles. The molecule has 6 rings (SSSR count). The number of hydrogen-bond donors (Lipinski definition) is 0. The molecule has 1 saturated heterocycles. The van der Waals surface area contributed by atoms with E-state index >= 15 is 0 Å². The average molecular weight is 451 g/mol. The summed E-state index contributed by atoms with van der Waals surface area (Å²) in [7, 11) is 0. The van der Waals surface area contributed by atoms with Gasteiger partial charge in [0, 0.05) is 29.8 Å². The molecule has 2 aliphatic heterocycles. The smallest absolute Gasteiger partial charge is 0.258 e. The van der Waals surface area contributed by atoms with Gasteiger partial charge in [0.2, 0.25) is 0 Å². The maximum atomic E-state index is 14.4. The number of rotatable bonds is 3. The Kier molecular flexibility index (Phi) is 5.19. The molecule has 170 valence electrons. The van der Waals surface area contributed by atoms with Gasteiger partial charge >= 0.3 is 0 Å². The number of piperidine rings is 1. The molecule has 4 aromatic carbocycles. The fourth-order valence-corrected chi connectivity index (χ4v) is 5.71. The number of likely N-dealkylation sites (tertiary alicyclic amines) is 1. The molecular weight excluding hydrogens is 423 g/mol. The highest BCUT2D eigenvalue weighted by Gasteiger charge is 2.46. The van der Waals surface area contributed by atoms with Crippen LogP contribution in [-0.4, -0.2) is 30.4 Å². The summed E-state index contributed by atoms with van der Waals surface area (Å²) in [6.07, 6.45) is 1.83. The number of benzene rings is 4. The average Bonchev–Trinajstić information content (AvgIpc) is 3.18. The molecule has 2 aliphatic rings. The van der Waals surface area contributed by atoms with Crippen molar-refractivity contribution in [3.8, 4) is 0 Å². The number of nitrogens with zero attached hydrogens (tertiary/aromatic N) is 2. The van der Waals surface area contributed by atoms with Crippen molar-refractivity contribution in [2.24, 2.45) is 0 Å². The van der Waals surface area contributed by atoms with Gasteiger partial charge in [-0.2, -0.15) is 0 Å². The van der Waals surface area contributed by atoms with Crippen molar-refractivity contribution in [2.45, 2.75) is 24.8 Å². The van der Waals surface area contributed by atoms with Crippen LogP contribution in [0.4, 0.5) is 10.1 Å². The van der Waals surface area contributed by atoms with Gasteiger partial charge in [-0.15, -0.1) is 0 Å². The minimum Gasteiger partial charge on any atom is -0.307 e. The zero-order valence-electron chi connectivity index (χ0n) is 19.1. The summed E-state index contributed by atoms with van der Waals surface area (Å²) in [5, 5.41) is 2.17. The molecule has 2 heterocycles. The molecule has 0 bridgehead atoms. The summed E-state index contributed by atoms with van der Waals surface area (Å²) in [5.74, 6) is -0.243. The fourth-order valence-electron chi connectivity index (χ4n) is 5.71. The van der Waals surface area contributed by atoms with Gasteiger partial charge in [0.05, 0.1) is 0 Å². The van der Waals surface area contributed by atoms with Crippen LogP contribution < -0.4 is 4.90 Å². The fraction of sp³-hybridized carbons (Fsp3) is 0.233. The molecule has 0 radical (unpaired) electrons. The van der Waals surface area contributed by atoms with E-state index in [-0.39, 0.29) is 17.1 Å². The molecule has 1 fully saturated rings. The molecule has 0 atom stereocenters. The van der Waals surface area contributed by atoms with Gasteiger partial charge in [0.15, 0.2) is 0 Å². The van der Waals surface area contributed by atoms with Crippen LogP contribution in [0.15, 0.2) is 91.0 Å². The predicted octanol–water partition coefficient (Wildman–Crippen LogP) is 6.17. The molecule has 0 aliphatic carbocycles. The number of halogens is 1. The highest BCUT2D eigenvalue weighted by Crippen LogP contribution is 2.48. The maximum absolute atomic E-state index is 14.4. The summed E-state index contributed by atoms with van der Waals surface area (Å²) in [6, 6.07) is 29.4. The quantitative estimate of drug-likeness (QED) is 0.372. The Hall–Kier alpha value is -3.50. The van der Waals surface area contributed by atoms with Crippen molar-refractivity contribution in [2.75, 3.05) is 24.5 Å². The van der Waals surface area contributed by atoms with Crippen molar-refractivity contribution in [3.05, 3.63) is 114 Å². The number of hydrogen-bond acceptors (Lipinski definition) is 2. The molecule has 4 aromatic rings. The van der Waals surface area contributed by atoms with E-state index in [1.54, 1.807) is 12.1 Å². The highest BCUT2D eigenvalue weighted by molar-refractivity contribution is 6.09. The number of anilines is 1. The number of fused-ring (bicyclic) bond motifs is 3. The van der Waals surface area contributed by atoms with Gasteiger partial charge < -0.3 is 4.90 Å². The Balaban J connectivity index is 1.28. The second-order valence-corrected chi connectivity index (χ2v) is 9.66. The molecule has 0 N–H and O–H groups in total. The van der Waals surface area contributed by atoms with E-state index in [1.165, 1.54) is 11.6 Å². The highest BCUT2D eigenvalue weighted by atomic mass is 19.1. The second-order valence-electron chi connectivity index (χ2n) is 9.66. The van der Waals surface area contributed by atoms with Gasteiger partial charge in [-0.05, 0) is 78.2 Å². The summed E-state index contributed by atoms with van der Waals surface area (Å²) < 4.78 is 14.4. The molecule has 1 amide bonds. The normalized spacial score (nSPS) is 17.3. The summed E-state index contributed by atoms with van der Waals surface area (Å²) in [4.78, 5) is 18.0. The molecule has 0 unspecified atom stereocenters. The van der Waals surface area contributed by atoms with Crippen molar-refractivity contribution < 1.29 is 9.18 Å². The van der Waals surface area contributed by atoms with Gasteiger partial charge in [-0.25, -0.2) is 4.39 Å². The zero-order chi connectivity index (χ0) is 23.1.